The van der Waals surface area contributed by atoms with Crippen LogP contribution in [0.15, 0.2) is 48.0 Å². The lowest BCUT2D eigenvalue weighted by Crippen LogP contribution is -2.43. The molecule has 0 bridgehead atoms. The Kier molecular flexibility index (Phi) is 5.81. The summed E-state index contributed by atoms with van der Waals surface area (Å²) in [7, 11) is 0. The van der Waals surface area contributed by atoms with Crippen LogP contribution < -0.4 is 0 Å². The van der Waals surface area contributed by atoms with Gasteiger partial charge in [0.05, 0.1) is 17.3 Å². The summed E-state index contributed by atoms with van der Waals surface area (Å²) in [6.07, 6.45) is -14.4. The van der Waals surface area contributed by atoms with Crippen LogP contribution in [-0.4, -0.2) is 32.1 Å². The quantitative estimate of drug-likeness (QED) is 0.424. The Morgan fingerprint density at radius 2 is 1.58 bits per heavy atom. The Morgan fingerprint density at radius 1 is 0.944 bits per heavy atom. The molecule has 188 valence electrons. The average molecular weight is 518 g/mol. The average Bonchev–Trinajstić information content (AvgIpc) is 3.48. The predicted octanol–water partition coefficient (Wildman–Crippen LogP) is 5.59. The Balaban J connectivity index is 1.81. The molecule has 0 N–H and O–H groups in total. The van der Waals surface area contributed by atoms with E-state index in [2.05, 4.69) is 20.1 Å². The minimum atomic E-state index is -5.43. The van der Waals surface area contributed by atoms with Crippen LogP contribution >= 0.6 is 0 Å². The number of rotatable bonds is 3. The number of benzene rings is 1. The van der Waals surface area contributed by atoms with E-state index in [9.17, 15) is 44.8 Å². The highest BCUT2D eigenvalue weighted by Crippen LogP contribution is 2.51. The van der Waals surface area contributed by atoms with E-state index >= 15 is 0 Å². The van der Waals surface area contributed by atoms with Gasteiger partial charge in [0.2, 0.25) is 0 Å². The summed E-state index contributed by atoms with van der Waals surface area (Å²) < 4.78 is 124. The molecule has 15 heteroatoms. The van der Waals surface area contributed by atoms with Crippen LogP contribution in [0.2, 0.25) is 0 Å². The van der Waals surface area contributed by atoms with Gasteiger partial charge in [-0.1, -0.05) is 6.07 Å². The van der Waals surface area contributed by atoms with Gasteiger partial charge in [-0.05, 0) is 41.8 Å². The second-order valence-electron chi connectivity index (χ2n) is 7.82. The summed E-state index contributed by atoms with van der Waals surface area (Å²) in [6.45, 7) is 0. The van der Waals surface area contributed by atoms with E-state index < -0.39 is 53.4 Å². The Labute approximate surface area is 195 Å². The Morgan fingerprint density at radius 3 is 2.08 bits per heavy atom. The summed E-state index contributed by atoms with van der Waals surface area (Å²) in [5.41, 5.74) is -8.46. The normalized spacial score (nSPS) is 20.5. The maximum atomic E-state index is 14.3. The molecule has 0 aliphatic carbocycles. The molecule has 0 saturated heterocycles. The highest BCUT2D eigenvalue weighted by atomic mass is 19.4. The van der Waals surface area contributed by atoms with Gasteiger partial charge in [-0.2, -0.15) is 49.9 Å². The minimum absolute atomic E-state index is 0.0136. The zero-order valence-corrected chi connectivity index (χ0v) is 17.5. The fraction of sp³-hybridized carbons (Fsp3) is 0.286. The Hall–Kier alpha value is -3.96. The third-order valence-corrected chi connectivity index (χ3v) is 5.61. The molecule has 2 unspecified atom stereocenters. The molecule has 3 aromatic rings. The van der Waals surface area contributed by atoms with Gasteiger partial charge >= 0.3 is 18.5 Å². The maximum absolute atomic E-state index is 14.3. The molecule has 0 fully saturated rings. The van der Waals surface area contributed by atoms with Crippen molar-refractivity contribution >= 4 is 6.21 Å². The fourth-order valence-electron chi connectivity index (χ4n) is 3.84. The van der Waals surface area contributed by atoms with Crippen LogP contribution in [0.1, 0.15) is 40.5 Å². The standard InChI is InChI=1S/C21H11F9N6/c22-19(23,24)16-4-13(5-17(35-16)20(25,26)27)18(21(28,29)30)6-14(33-8-18)11-1-2-15(12(3-11)7-31)36-10-32-9-34-36/h1-5,8-10,14H,6H2. The number of hydrogen-bond donors (Lipinski definition) is 0. The number of aliphatic imine (C=N–C) groups is 1. The lowest BCUT2D eigenvalue weighted by molar-refractivity contribution is -0.170. The van der Waals surface area contributed by atoms with E-state index in [1.165, 1.54) is 35.5 Å². The monoisotopic (exact) mass is 518 g/mol. The first-order valence-corrected chi connectivity index (χ1v) is 9.83. The van der Waals surface area contributed by atoms with Crippen LogP contribution in [0.3, 0.4) is 0 Å². The van der Waals surface area contributed by atoms with Crippen molar-refractivity contribution in [3.8, 4) is 11.8 Å². The van der Waals surface area contributed by atoms with Crippen molar-refractivity contribution in [2.24, 2.45) is 4.99 Å². The summed E-state index contributed by atoms with van der Waals surface area (Å²) in [5.74, 6) is 0. The number of nitrogens with zero attached hydrogens (tertiary/aromatic N) is 6. The summed E-state index contributed by atoms with van der Waals surface area (Å²) >= 11 is 0. The first-order chi connectivity index (χ1) is 16.7. The van der Waals surface area contributed by atoms with Crippen molar-refractivity contribution in [3.05, 3.63) is 71.1 Å². The number of hydrogen-bond acceptors (Lipinski definition) is 5. The number of pyridine rings is 1. The summed E-state index contributed by atoms with van der Waals surface area (Å²) in [4.78, 5) is 10.00. The number of alkyl halides is 9. The fourth-order valence-corrected chi connectivity index (χ4v) is 3.84. The molecule has 1 aliphatic heterocycles. The van der Waals surface area contributed by atoms with Crippen LogP contribution in [0, 0.1) is 11.3 Å². The van der Waals surface area contributed by atoms with Crippen molar-refractivity contribution < 1.29 is 39.5 Å². The molecule has 1 aromatic carbocycles. The van der Waals surface area contributed by atoms with Gasteiger partial charge in [0.15, 0.2) is 0 Å². The number of halogens is 9. The van der Waals surface area contributed by atoms with E-state index in [1.54, 1.807) is 0 Å². The van der Waals surface area contributed by atoms with Crippen molar-refractivity contribution in [3.63, 3.8) is 0 Å². The molecule has 0 spiro atoms. The van der Waals surface area contributed by atoms with Gasteiger partial charge in [-0.15, -0.1) is 0 Å². The first-order valence-electron chi connectivity index (χ1n) is 9.83. The van der Waals surface area contributed by atoms with Crippen molar-refractivity contribution in [1.29, 1.82) is 5.26 Å². The molecular weight excluding hydrogens is 507 g/mol. The molecule has 2 atom stereocenters. The molecule has 4 rings (SSSR count). The lowest BCUT2D eigenvalue weighted by atomic mass is 9.76. The number of nitriles is 1. The second kappa shape index (κ2) is 8.32. The van der Waals surface area contributed by atoms with Gasteiger partial charge in [-0.3, -0.25) is 4.99 Å². The summed E-state index contributed by atoms with van der Waals surface area (Å²) in [5, 5.41) is 13.3. The van der Waals surface area contributed by atoms with Gasteiger partial charge < -0.3 is 0 Å². The SMILES string of the molecule is N#Cc1cc(C2CC(c3cc(C(F)(F)F)nc(C(F)(F)F)c3)(C(F)(F)F)C=N2)ccc1-n1cncn1. The molecule has 0 radical (unpaired) electrons. The van der Waals surface area contributed by atoms with Gasteiger partial charge in [0, 0.05) is 6.21 Å². The van der Waals surface area contributed by atoms with Crippen LogP contribution in [0.4, 0.5) is 39.5 Å². The molecule has 1 aliphatic rings. The van der Waals surface area contributed by atoms with Crippen LogP contribution in [0.5, 0.6) is 0 Å². The van der Waals surface area contributed by atoms with E-state index in [4.69, 9.17) is 0 Å². The molecule has 0 amide bonds. The summed E-state index contributed by atoms with van der Waals surface area (Å²) in [6, 6.07) is 4.36. The lowest BCUT2D eigenvalue weighted by Gasteiger charge is -2.31. The van der Waals surface area contributed by atoms with E-state index in [0.29, 0.717) is 6.21 Å². The first kappa shape index (κ1) is 25.1. The van der Waals surface area contributed by atoms with Gasteiger partial charge in [0.1, 0.15) is 35.5 Å². The molecule has 36 heavy (non-hydrogen) atoms. The van der Waals surface area contributed by atoms with Crippen LogP contribution in [0.25, 0.3) is 5.69 Å². The van der Waals surface area contributed by atoms with Crippen molar-refractivity contribution in [2.45, 2.75) is 36.4 Å². The molecule has 2 aromatic heterocycles. The molecule has 3 heterocycles. The third kappa shape index (κ3) is 4.38. The topological polar surface area (TPSA) is 79.8 Å². The van der Waals surface area contributed by atoms with Crippen molar-refractivity contribution in [1.82, 2.24) is 19.7 Å². The van der Waals surface area contributed by atoms with E-state index in [-0.39, 0.29) is 28.9 Å². The maximum Gasteiger partial charge on any atom is 0.433 e. The van der Waals surface area contributed by atoms with E-state index in [1.807, 2.05) is 6.07 Å². The minimum Gasteiger partial charge on any atom is -0.288 e. The smallest absolute Gasteiger partial charge is 0.288 e. The van der Waals surface area contributed by atoms with E-state index in [0.717, 1.165) is 0 Å². The second-order valence-corrected chi connectivity index (χ2v) is 7.82. The largest absolute Gasteiger partial charge is 0.433 e. The zero-order chi connectivity index (χ0) is 26.5. The molecular formula is C21H11F9N6. The zero-order valence-electron chi connectivity index (χ0n) is 17.5. The third-order valence-electron chi connectivity index (χ3n) is 5.61. The highest BCUT2D eigenvalue weighted by molar-refractivity contribution is 5.78. The van der Waals surface area contributed by atoms with Crippen molar-refractivity contribution in [2.75, 3.05) is 0 Å². The number of aromatic nitrogens is 4. The highest BCUT2D eigenvalue weighted by Gasteiger charge is 2.59. The molecule has 0 saturated carbocycles. The van der Waals surface area contributed by atoms with Gasteiger partial charge in [0.25, 0.3) is 0 Å². The van der Waals surface area contributed by atoms with Crippen LogP contribution in [-0.2, 0) is 17.8 Å². The van der Waals surface area contributed by atoms with Gasteiger partial charge in [-0.25, -0.2) is 14.6 Å². The molecule has 6 nitrogen and oxygen atoms in total. The Bertz CT molecular complexity index is 1320. The predicted molar refractivity (Wildman–Crippen MR) is 104 cm³/mol.